The summed E-state index contributed by atoms with van der Waals surface area (Å²) >= 11 is 1.45. The second-order valence-electron chi connectivity index (χ2n) is 3.94. The number of aliphatic hydroxyl groups is 1. The lowest BCUT2D eigenvalue weighted by Crippen LogP contribution is -2.18. The van der Waals surface area contributed by atoms with Crippen LogP contribution in [0, 0.1) is 6.92 Å². The number of rotatable bonds is 8. The maximum absolute atomic E-state index is 9.66. The predicted molar refractivity (Wildman–Crippen MR) is 69.2 cm³/mol. The predicted octanol–water partition coefficient (Wildman–Crippen LogP) is 2.05. The molecule has 0 aromatic carbocycles. The van der Waals surface area contributed by atoms with Crippen LogP contribution in [0.5, 0.6) is 0 Å². The molecule has 4 nitrogen and oxygen atoms in total. The second kappa shape index (κ2) is 8.44. The first-order valence-corrected chi connectivity index (χ1v) is 6.88. The van der Waals surface area contributed by atoms with Gasteiger partial charge in [0.1, 0.15) is 0 Å². The van der Waals surface area contributed by atoms with Crippen LogP contribution in [-0.4, -0.2) is 40.1 Å². The number of nitrogens with zero attached hydrogens (tertiary/aromatic N) is 2. The molecule has 0 aliphatic heterocycles. The third-order valence-electron chi connectivity index (χ3n) is 2.11. The van der Waals surface area contributed by atoms with Crippen molar-refractivity contribution in [3.63, 3.8) is 0 Å². The van der Waals surface area contributed by atoms with Crippen LogP contribution in [0.15, 0.2) is 17.6 Å². The Morgan fingerprint density at radius 1 is 1.41 bits per heavy atom. The van der Waals surface area contributed by atoms with E-state index in [-0.39, 0.29) is 0 Å². The highest BCUT2D eigenvalue weighted by Gasteiger charge is 2.06. The highest BCUT2D eigenvalue weighted by Crippen LogP contribution is 2.13. The zero-order chi connectivity index (χ0) is 12.5. The Kier molecular flexibility index (Phi) is 7.16. The molecule has 0 aliphatic rings. The van der Waals surface area contributed by atoms with Crippen LogP contribution in [0.3, 0.4) is 0 Å². The zero-order valence-electron chi connectivity index (χ0n) is 10.4. The van der Waals surface area contributed by atoms with Crippen molar-refractivity contribution in [2.75, 3.05) is 19.0 Å². The van der Waals surface area contributed by atoms with Gasteiger partial charge in [-0.15, -0.1) is 0 Å². The highest BCUT2D eigenvalue weighted by molar-refractivity contribution is 7.99. The molecule has 0 aliphatic carbocycles. The molecule has 1 aromatic rings. The molecule has 5 heteroatoms. The van der Waals surface area contributed by atoms with Crippen molar-refractivity contribution in [2.45, 2.75) is 37.9 Å². The second-order valence-corrected chi connectivity index (χ2v) is 4.92. The number of thioether (sulfide) groups is 1. The number of aliphatic hydroxyl groups excluding tert-OH is 1. The first-order chi connectivity index (χ1) is 8.22. The number of hydrogen-bond acceptors (Lipinski definition) is 5. The normalized spacial score (nSPS) is 12.6. The molecule has 1 N–H and O–H groups in total. The van der Waals surface area contributed by atoms with E-state index in [1.165, 1.54) is 11.8 Å². The van der Waals surface area contributed by atoms with Gasteiger partial charge >= 0.3 is 0 Å². The van der Waals surface area contributed by atoms with E-state index in [2.05, 4.69) is 16.9 Å². The van der Waals surface area contributed by atoms with Gasteiger partial charge in [-0.25, -0.2) is 9.97 Å². The largest absolute Gasteiger partial charge is 0.390 e. The molecule has 0 spiro atoms. The number of hydrogen-bond donors (Lipinski definition) is 1. The topological polar surface area (TPSA) is 55.2 Å². The van der Waals surface area contributed by atoms with Gasteiger partial charge in [-0.2, -0.15) is 0 Å². The lowest BCUT2D eigenvalue weighted by atomic mass is 10.3. The molecule has 0 radical (unpaired) electrons. The Labute approximate surface area is 107 Å². The number of unbranched alkanes of at least 4 members (excludes halogenated alkanes) is 1. The Morgan fingerprint density at radius 3 is 2.76 bits per heavy atom. The first-order valence-electron chi connectivity index (χ1n) is 5.89. The molecule has 1 heterocycles. The van der Waals surface area contributed by atoms with Crippen LogP contribution in [0.1, 0.15) is 25.3 Å². The van der Waals surface area contributed by atoms with Crippen LogP contribution in [0.25, 0.3) is 0 Å². The molecule has 17 heavy (non-hydrogen) atoms. The van der Waals surface area contributed by atoms with Gasteiger partial charge in [-0.1, -0.05) is 25.1 Å². The van der Waals surface area contributed by atoms with E-state index >= 15 is 0 Å². The molecule has 1 rings (SSSR count). The summed E-state index contributed by atoms with van der Waals surface area (Å²) in [6, 6.07) is 0. The summed E-state index contributed by atoms with van der Waals surface area (Å²) < 4.78 is 5.34. The third-order valence-corrected chi connectivity index (χ3v) is 3.13. The molecule has 96 valence electrons. The quantitative estimate of drug-likeness (QED) is 0.438. The molecular weight excluding hydrogens is 236 g/mol. The first kappa shape index (κ1) is 14.4. The van der Waals surface area contributed by atoms with E-state index in [0.717, 1.165) is 25.0 Å². The number of aromatic nitrogens is 2. The summed E-state index contributed by atoms with van der Waals surface area (Å²) in [7, 11) is 0. The minimum absolute atomic E-state index is 0.388. The van der Waals surface area contributed by atoms with Crippen molar-refractivity contribution >= 4 is 11.8 Å². The van der Waals surface area contributed by atoms with E-state index in [1.807, 2.05) is 6.92 Å². The third kappa shape index (κ3) is 6.61. The van der Waals surface area contributed by atoms with Crippen LogP contribution in [-0.2, 0) is 4.74 Å². The van der Waals surface area contributed by atoms with E-state index in [1.54, 1.807) is 12.4 Å². The summed E-state index contributed by atoms with van der Waals surface area (Å²) in [5, 5.41) is 10.4. The summed E-state index contributed by atoms with van der Waals surface area (Å²) in [4.78, 5) is 8.32. The standard InChI is InChI=1S/C12H20N2O2S/c1-3-4-5-16-8-11(15)9-17-12-13-6-10(2)7-14-12/h6-7,11,15H,3-5,8-9H2,1-2H3. The van der Waals surface area contributed by atoms with Crippen LogP contribution in [0.2, 0.25) is 0 Å². The molecule has 1 atom stereocenters. The van der Waals surface area contributed by atoms with Crippen molar-refractivity contribution < 1.29 is 9.84 Å². The van der Waals surface area contributed by atoms with Crippen molar-refractivity contribution in [1.29, 1.82) is 0 Å². The fourth-order valence-electron chi connectivity index (χ4n) is 1.14. The van der Waals surface area contributed by atoms with Crippen LogP contribution >= 0.6 is 11.8 Å². The number of ether oxygens (including phenoxy) is 1. The lowest BCUT2D eigenvalue weighted by Gasteiger charge is -2.10. The summed E-state index contributed by atoms with van der Waals surface area (Å²) in [6.45, 7) is 5.17. The van der Waals surface area contributed by atoms with Gasteiger partial charge in [-0.3, -0.25) is 0 Å². The molecular formula is C12H20N2O2S. The van der Waals surface area contributed by atoms with E-state index in [4.69, 9.17) is 4.74 Å². The minimum atomic E-state index is -0.457. The van der Waals surface area contributed by atoms with Gasteiger partial charge < -0.3 is 9.84 Å². The molecule has 1 aromatic heterocycles. The van der Waals surface area contributed by atoms with Gasteiger partial charge in [0.05, 0.1) is 12.7 Å². The Balaban J connectivity index is 2.14. The molecule has 0 amide bonds. The smallest absolute Gasteiger partial charge is 0.187 e. The van der Waals surface area contributed by atoms with Crippen molar-refractivity contribution in [3.05, 3.63) is 18.0 Å². The average molecular weight is 256 g/mol. The maximum Gasteiger partial charge on any atom is 0.187 e. The van der Waals surface area contributed by atoms with Gasteiger partial charge in [0.25, 0.3) is 0 Å². The molecule has 0 saturated carbocycles. The summed E-state index contributed by atoms with van der Waals surface area (Å²) in [5.74, 6) is 0.565. The Hall–Kier alpha value is -0.650. The van der Waals surface area contributed by atoms with Gasteiger partial charge in [0, 0.05) is 24.8 Å². The summed E-state index contributed by atoms with van der Waals surface area (Å²) in [5.41, 5.74) is 1.04. The number of aryl methyl sites for hydroxylation is 1. The Bertz CT molecular complexity index is 306. The lowest BCUT2D eigenvalue weighted by molar-refractivity contribution is 0.0473. The monoisotopic (exact) mass is 256 g/mol. The average Bonchev–Trinajstić information content (AvgIpc) is 2.34. The van der Waals surface area contributed by atoms with Crippen molar-refractivity contribution in [2.24, 2.45) is 0 Å². The van der Waals surface area contributed by atoms with Crippen molar-refractivity contribution in [3.8, 4) is 0 Å². The fraction of sp³-hybridized carbons (Fsp3) is 0.667. The SMILES string of the molecule is CCCCOCC(O)CSc1ncc(C)cn1. The molecule has 0 bridgehead atoms. The molecule has 0 saturated heterocycles. The minimum Gasteiger partial charge on any atom is -0.390 e. The van der Waals surface area contributed by atoms with Gasteiger partial charge in [0.15, 0.2) is 5.16 Å². The van der Waals surface area contributed by atoms with E-state index in [9.17, 15) is 5.11 Å². The van der Waals surface area contributed by atoms with Gasteiger partial charge in [-0.05, 0) is 18.9 Å². The Morgan fingerprint density at radius 2 is 2.12 bits per heavy atom. The zero-order valence-corrected chi connectivity index (χ0v) is 11.2. The molecule has 0 fully saturated rings. The summed E-state index contributed by atoms with van der Waals surface area (Å²) in [6.07, 6.45) is 5.25. The van der Waals surface area contributed by atoms with Crippen LogP contribution in [0.4, 0.5) is 0 Å². The van der Waals surface area contributed by atoms with E-state index in [0.29, 0.717) is 17.5 Å². The van der Waals surface area contributed by atoms with Crippen molar-refractivity contribution in [1.82, 2.24) is 9.97 Å². The van der Waals surface area contributed by atoms with Crippen LogP contribution < -0.4 is 0 Å². The maximum atomic E-state index is 9.66. The fourth-order valence-corrected chi connectivity index (χ4v) is 1.83. The highest BCUT2D eigenvalue weighted by atomic mass is 32.2. The molecule has 1 unspecified atom stereocenters. The van der Waals surface area contributed by atoms with Gasteiger partial charge in [0.2, 0.25) is 0 Å². The van der Waals surface area contributed by atoms with E-state index < -0.39 is 6.10 Å².